The highest BCUT2D eigenvalue weighted by molar-refractivity contribution is 7.93. The van der Waals surface area contributed by atoms with Crippen LogP contribution in [0.15, 0.2) is 65.7 Å². The van der Waals surface area contributed by atoms with Crippen LogP contribution in [0.3, 0.4) is 0 Å². The highest BCUT2D eigenvalue weighted by Gasteiger charge is 2.32. The van der Waals surface area contributed by atoms with E-state index in [0.29, 0.717) is 28.8 Å². The van der Waals surface area contributed by atoms with Crippen LogP contribution in [0.1, 0.15) is 51.8 Å². The third-order valence-corrected chi connectivity index (χ3v) is 8.04. The number of pyridine rings is 1. The molecule has 0 bridgehead atoms. The highest BCUT2D eigenvalue weighted by atomic mass is 32.2. The maximum absolute atomic E-state index is 13.3. The minimum absolute atomic E-state index is 0. The first-order chi connectivity index (χ1) is 15.8. The number of carbonyl (C=O) groups excluding carboxylic acids is 1. The van der Waals surface area contributed by atoms with Crippen LogP contribution in [-0.2, 0) is 10.0 Å². The van der Waals surface area contributed by atoms with E-state index in [0.717, 1.165) is 18.2 Å². The summed E-state index contributed by atoms with van der Waals surface area (Å²) in [5.74, 6) is 1.18. The lowest BCUT2D eigenvalue weighted by Gasteiger charge is -2.37. The van der Waals surface area contributed by atoms with Crippen molar-refractivity contribution in [1.82, 2.24) is 10.3 Å². The Labute approximate surface area is 197 Å². The Morgan fingerprint density at radius 3 is 2.61 bits per heavy atom. The zero-order valence-corrected chi connectivity index (χ0v) is 20.1. The smallest absolute Gasteiger partial charge is 0.264 e. The maximum atomic E-state index is 13.3. The number of fused-ring (bicyclic) bond motifs is 1. The number of nitrogens with one attached hydrogen (secondary N) is 2. The first kappa shape index (κ1) is 23.2. The molecule has 0 spiro atoms. The second-order valence-corrected chi connectivity index (χ2v) is 11.0. The van der Waals surface area contributed by atoms with Crippen molar-refractivity contribution in [2.24, 2.45) is 17.8 Å². The average Bonchev–Trinajstić information content (AvgIpc) is 2.78. The Morgan fingerprint density at radius 1 is 1.06 bits per heavy atom. The highest BCUT2D eigenvalue weighted by Crippen LogP contribution is 2.34. The average molecular weight is 468 g/mol. The van der Waals surface area contributed by atoms with Gasteiger partial charge in [0, 0.05) is 19.1 Å². The fourth-order valence-corrected chi connectivity index (χ4v) is 6.14. The molecule has 0 saturated heterocycles. The van der Waals surface area contributed by atoms with Crippen LogP contribution in [0.2, 0.25) is 0 Å². The van der Waals surface area contributed by atoms with Gasteiger partial charge in [-0.3, -0.25) is 14.5 Å². The molecule has 4 rings (SSSR count). The molecule has 3 aromatic rings. The molecular weight excluding hydrogens is 434 g/mol. The Bertz CT molecular complexity index is 1260. The van der Waals surface area contributed by atoms with Gasteiger partial charge in [-0.2, -0.15) is 0 Å². The maximum Gasteiger partial charge on any atom is 0.264 e. The number of amides is 1. The van der Waals surface area contributed by atoms with E-state index in [2.05, 4.69) is 35.8 Å². The number of anilines is 1. The van der Waals surface area contributed by atoms with Gasteiger partial charge < -0.3 is 5.32 Å². The van der Waals surface area contributed by atoms with Gasteiger partial charge in [0.15, 0.2) is 0 Å². The molecule has 6 nitrogen and oxygen atoms in total. The van der Waals surface area contributed by atoms with Crippen molar-refractivity contribution in [3.8, 4) is 0 Å². The second-order valence-electron chi connectivity index (χ2n) is 9.39. The van der Waals surface area contributed by atoms with Crippen LogP contribution in [0.25, 0.3) is 10.9 Å². The zero-order valence-electron chi connectivity index (χ0n) is 19.3. The fraction of sp³-hybridized carbons (Fsp3) is 0.385. The van der Waals surface area contributed by atoms with E-state index in [1.165, 1.54) is 12.5 Å². The molecule has 1 aliphatic carbocycles. The van der Waals surface area contributed by atoms with Crippen molar-refractivity contribution in [2.75, 3.05) is 4.72 Å². The van der Waals surface area contributed by atoms with Crippen molar-refractivity contribution in [2.45, 2.75) is 51.0 Å². The standard InChI is InChI=1S/C26H31N3O3S.H2/c1-17(2)20-14-13-18(3)16-23(20)28-26(30)21-10-4-5-11-22(21)29-33(31,32)24-12-6-8-19-9-7-15-27-25(19)24;/h4-12,15,17-18,20,23,29H,13-14,16H2,1-3H3,(H,28,30);1H/t18-,20+,23-;/m1./s1. The SMILES string of the molecule is CC(C)[C@@H]1CC[C@@H](C)C[C@H]1NC(=O)c1ccccc1NS(=O)(=O)c1cccc2cccnc12.[HH]. The quantitative estimate of drug-likeness (QED) is 0.503. The molecule has 0 unspecified atom stereocenters. The summed E-state index contributed by atoms with van der Waals surface area (Å²) in [7, 11) is -3.95. The molecule has 0 aliphatic heterocycles. The van der Waals surface area contributed by atoms with Crippen molar-refractivity contribution < 1.29 is 14.6 Å². The Balaban J connectivity index is 0.00000324. The first-order valence-electron chi connectivity index (χ1n) is 11.5. The predicted molar refractivity (Wildman–Crippen MR) is 134 cm³/mol. The third kappa shape index (κ3) is 5.03. The Morgan fingerprint density at radius 2 is 1.82 bits per heavy atom. The van der Waals surface area contributed by atoms with Gasteiger partial charge in [-0.15, -0.1) is 0 Å². The van der Waals surface area contributed by atoms with Crippen LogP contribution >= 0.6 is 0 Å². The van der Waals surface area contributed by atoms with Crippen molar-refractivity contribution >= 4 is 32.5 Å². The summed E-state index contributed by atoms with van der Waals surface area (Å²) in [6, 6.07) is 15.4. The van der Waals surface area contributed by atoms with Gasteiger partial charge in [0.2, 0.25) is 0 Å². The van der Waals surface area contributed by atoms with Gasteiger partial charge in [0.05, 0.1) is 16.8 Å². The summed E-state index contributed by atoms with van der Waals surface area (Å²) in [4.78, 5) is 17.6. The topological polar surface area (TPSA) is 88.2 Å². The third-order valence-electron chi connectivity index (χ3n) is 6.64. The number of nitrogens with zero attached hydrogens (tertiary/aromatic N) is 1. The molecule has 1 saturated carbocycles. The van der Waals surface area contributed by atoms with E-state index in [4.69, 9.17) is 0 Å². The summed E-state index contributed by atoms with van der Waals surface area (Å²) >= 11 is 0. The van der Waals surface area contributed by atoms with Crippen LogP contribution in [0.5, 0.6) is 0 Å². The van der Waals surface area contributed by atoms with E-state index >= 15 is 0 Å². The van der Waals surface area contributed by atoms with E-state index in [-0.39, 0.29) is 24.0 Å². The molecular formula is C26H33N3O3S. The van der Waals surface area contributed by atoms with E-state index in [1.807, 2.05) is 12.1 Å². The van der Waals surface area contributed by atoms with Crippen LogP contribution in [0, 0.1) is 17.8 Å². The van der Waals surface area contributed by atoms with Gasteiger partial charge in [-0.05, 0) is 54.9 Å². The van der Waals surface area contributed by atoms with E-state index in [1.54, 1.807) is 42.6 Å². The number of aromatic nitrogens is 1. The van der Waals surface area contributed by atoms with Gasteiger partial charge in [0.1, 0.15) is 4.90 Å². The molecule has 1 amide bonds. The monoisotopic (exact) mass is 467 g/mol. The van der Waals surface area contributed by atoms with Gasteiger partial charge in [0.25, 0.3) is 15.9 Å². The first-order valence-corrected chi connectivity index (χ1v) is 13.0. The lowest BCUT2D eigenvalue weighted by molar-refractivity contribution is 0.0869. The number of hydrogen-bond acceptors (Lipinski definition) is 4. The summed E-state index contributed by atoms with van der Waals surface area (Å²) in [6.45, 7) is 6.61. The zero-order chi connectivity index (χ0) is 23.6. The minimum atomic E-state index is -3.95. The molecule has 7 heteroatoms. The molecule has 1 aliphatic rings. The Hall–Kier alpha value is -2.93. The van der Waals surface area contributed by atoms with Gasteiger partial charge >= 0.3 is 0 Å². The number of sulfonamides is 1. The molecule has 0 radical (unpaired) electrons. The molecule has 33 heavy (non-hydrogen) atoms. The van der Waals surface area contributed by atoms with Crippen LogP contribution in [-0.4, -0.2) is 25.4 Å². The number of carbonyl (C=O) groups is 1. The van der Waals surface area contributed by atoms with Crippen LogP contribution < -0.4 is 10.0 Å². The minimum Gasteiger partial charge on any atom is -0.349 e. The summed E-state index contributed by atoms with van der Waals surface area (Å²) in [6.07, 6.45) is 4.76. The lowest BCUT2D eigenvalue weighted by Crippen LogP contribution is -2.45. The van der Waals surface area contributed by atoms with Crippen LogP contribution in [0.4, 0.5) is 5.69 Å². The molecule has 1 fully saturated rings. The fourth-order valence-electron chi connectivity index (χ4n) is 4.88. The van der Waals surface area contributed by atoms with Gasteiger partial charge in [-0.1, -0.05) is 57.5 Å². The second kappa shape index (κ2) is 9.51. The van der Waals surface area contributed by atoms with E-state index in [9.17, 15) is 13.2 Å². The molecule has 2 aromatic carbocycles. The van der Waals surface area contributed by atoms with Crippen molar-refractivity contribution in [3.05, 3.63) is 66.4 Å². The number of benzene rings is 2. The summed E-state index contributed by atoms with van der Waals surface area (Å²) in [5, 5.41) is 3.94. The molecule has 1 heterocycles. The molecule has 176 valence electrons. The van der Waals surface area contributed by atoms with E-state index < -0.39 is 10.0 Å². The number of hydrogen-bond donors (Lipinski definition) is 2. The normalized spacial score (nSPS) is 21.2. The van der Waals surface area contributed by atoms with Gasteiger partial charge in [-0.25, -0.2) is 8.42 Å². The largest absolute Gasteiger partial charge is 0.349 e. The summed E-state index contributed by atoms with van der Waals surface area (Å²) < 4.78 is 29.2. The molecule has 2 N–H and O–H groups in total. The lowest BCUT2D eigenvalue weighted by atomic mass is 9.74. The number of rotatable bonds is 6. The molecule has 3 atom stereocenters. The Kier molecular flexibility index (Phi) is 6.70. The predicted octanol–water partition coefficient (Wildman–Crippen LogP) is 5.47. The van der Waals surface area contributed by atoms with Crippen molar-refractivity contribution in [1.29, 1.82) is 0 Å². The summed E-state index contributed by atoms with van der Waals surface area (Å²) in [5.41, 5.74) is 0.966. The van der Waals surface area contributed by atoms with Crippen molar-refractivity contribution in [3.63, 3.8) is 0 Å². The number of para-hydroxylation sites is 2. The molecule has 1 aromatic heterocycles.